The topological polar surface area (TPSA) is 38.7 Å². The highest BCUT2D eigenvalue weighted by Gasteiger charge is 1.99. The lowest BCUT2D eigenvalue weighted by Gasteiger charge is -2.00. The minimum Gasteiger partial charge on any atom is -0.264 e. The second kappa shape index (κ2) is 2.73. The van der Waals surface area contributed by atoms with Gasteiger partial charge in [0.1, 0.15) is 6.33 Å². The molecule has 0 amide bonds. The summed E-state index contributed by atoms with van der Waals surface area (Å²) in [4.78, 5) is 12.3. The first-order valence-electron chi connectivity index (χ1n) is 4.37. The van der Waals surface area contributed by atoms with Gasteiger partial charge in [-0.05, 0) is 17.5 Å². The van der Waals surface area contributed by atoms with Gasteiger partial charge in [0.05, 0.1) is 5.52 Å². The van der Waals surface area contributed by atoms with Crippen LogP contribution in [0.15, 0.2) is 43.1 Å². The maximum absolute atomic E-state index is 4.19. The van der Waals surface area contributed by atoms with Crippen molar-refractivity contribution in [1.29, 1.82) is 0 Å². The minimum absolute atomic E-state index is 0.959. The van der Waals surface area contributed by atoms with Crippen LogP contribution >= 0.6 is 0 Å². The lowest BCUT2D eigenvalue weighted by atomic mass is 10.1. The predicted molar refractivity (Wildman–Crippen MR) is 54.8 cm³/mol. The highest BCUT2D eigenvalue weighted by molar-refractivity contribution is 6.05. The summed E-state index contributed by atoms with van der Waals surface area (Å²) in [5.74, 6) is 0. The van der Waals surface area contributed by atoms with Crippen LogP contribution in [-0.4, -0.2) is 15.0 Å². The number of benzene rings is 1. The largest absolute Gasteiger partial charge is 0.264 e. The van der Waals surface area contributed by atoms with Crippen molar-refractivity contribution in [3.63, 3.8) is 0 Å². The standard InChI is InChI=1S/C11H7N3/c1-2-11-10(6-13-7-14-11)9-5-12-4-3-8(1)9/h1-7H. The molecule has 0 saturated heterocycles. The van der Waals surface area contributed by atoms with Crippen LogP contribution in [0, 0.1) is 0 Å². The van der Waals surface area contributed by atoms with Crippen LogP contribution in [0.4, 0.5) is 0 Å². The average molecular weight is 181 g/mol. The molecule has 14 heavy (non-hydrogen) atoms. The fraction of sp³-hybridized carbons (Fsp3) is 0. The lowest BCUT2D eigenvalue weighted by molar-refractivity contribution is 1.22. The molecule has 0 bridgehead atoms. The van der Waals surface area contributed by atoms with Gasteiger partial charge in [-0.3, -0.25) is 4.98 Å². The van der Waals surface area contributed by atoms with Gasteiger partial charge in [-0.15, -0.1) is 0 Å². The SMILES string of the molecule is c1cc2ccc3ncncc3c2cn1. The second-order valence-electron chi connectivity index (χ2n) is 3.12. The summed E-state index contributed by atoms with van der Waals surface area (Å²) in [6, 6.07) is 6.04. The van der Waals surface area contributed by atoms with E-state index < -0.39 is 0 Å². The van der Waals surface area contributed by atoms with Gasteiger partial charge in [0.2, 0.25) is 0 Å². The third-order valence-electron chi connectivity index (χ3n) is 2.31. The van der Waals surface area contributed by atoms with Crippen LogP contribution in [0.3, 0.4) is 0 Å². The molecule has 3 heteroatoms. The van der Waals surface area contributed by atoms with Gasteiger partial charge in [0.25, 0.3) is 0 Å². The molecular formula is C11H7N3. The number of hydrogen-bond acceptors (Lipinski definition) is 3. The van der Waals surface area contributed by atoms with Crippen molar-refractivity contribution in [3.8, 4) is 0 Å². The highest BCUT2D eigenvalue weighted by atomic mass is 14.8. The number of nitrogens with zero attached hydrogens (tertiary/aromatic N) is 3. The second-order valence-corrected chi connectivity index (χ2v) is 3.12. The van der Waals surface area contributed by atoms with E-state index in [1.165, 1.54) is 5.39 Å². The van der Waals surface area contributed by atoms with Crippen LogP contribution in [0.25, 0.3) is 21.7 Å². The third kappa shape index (κ3) is 0.956. The van der Waals surface area contributed by atoms with E-state index in [2.05, 4.69) is 15.0 Å². The summed E-state index contributed by atoms with van der Waals surface area (Å²) in [6.07, 6.45) is 7.02. The number of rotatable bonds is 0. The van der Waals surface area contributed by atoms with Crippen LogP contribution in [-0.2, 0) is 0 Å². The van der Waals surface area contributed by atoms with Crippen molar-refractivity contribution >= 4 is 21.7 Å². The van der Waals surface area contributed by atoms with E-state index in [0.717, 1.165) is 16.3 Å². The van der Waals surface area contributed by atoms with E-state index in [1.54, 1.807) is 12.5 Å². The average Bonchev–Trinajstić information content (AvgIpc) is 2.29. The Morgan fingerprint density at radius 2 is 1.79 bits per heavy atom. The van der Waals surface area contributed by atoms with Gasteiger partial charge in [-0.25, -0.2) is 9.97 Å². The smallest absolute Gasteiger partial charge is 0.116 e. The predicted octanol–water partition coefficient (Wildman–Crippen LogP) is 2.18. The molecule has 2 aromatic heterocycles. The summed E-state index contributed by atoms with van der Waals surface area (Å²) in [5, 5.41) is 3.32. The molecule has 0 fully saturated rings. The fourth-order valence-electron chi connectivity index (χ4n) is 1.62. The summed E-state index contributed by atoms with van der Waals surface area (Å²) >= 11 is 0. The molecule has 3 aromatic rings. The summed E-state index contributed by atoms with van der Waals surface area (Å²) < 4.78 is 0. The zero-order chi connectivity index (χ0) is 9.38. The molecule has 0 aliphatic rings. The molecule has 0 aliphatic carbocycles. The van der Waals surface area contributed by atoms with E-state index in [1.807, 2.05) is 30.6 Å². The molecule has 0 spiro atoms. The van der Waals surface area contributed by atoms with Gasteiger partial charge in [-0.2, -0.15) is 0 Å². The first-order valence-corrected chi connectivity index (χ1v) is 4.37. The number of pyridine rings is 1. The molecule has 0 saturated carbocycles. The molecule has 3 rings (SSSR count). The van der Waals surface area contributed by atoms with E-state index >= 15 is 0 Å². The first kappa shape index (κ1) is 7.38. The number of aromatic nitrogens is 3. The Labute approximate surface area is 80.5 Å². The van der Waals surface area contributed by atoms with Crippen LogP contribution < -0.4 is 0 Å². The Bertz CT molecular complexity index is 550. The van der Waals surface area contributed by atoms with Crippen LogP contribution in [0.1, 0.15) is 0 Å². The Morgan fingerprint density at radius 3 is 2.79 bits per heavy atom. The van der Waals surface area contributed by atoms with E-state index in [0.29, 0.717) is 0 Å². The van der Waals surface area contributed by atoms with Crippen molar-refractivity contribution in [1.82, 2.24) is 15.0 Å². The van der Waals surface area contributed by atoms with E-state index in [-0.39, 0.29) is 0 Å². The zero-order valence-electron chi connectivity index (χ0n) is 7.38. The quantitative estimate of drug-likeness (QED) is 0.499. The molecule has 0 aliphatic heterocycles. The Balaban J connectivity index is 2.61. The van der Waals surface area contributed by atoms with Crippen LogP contribution in [0.5, 0.6) is 0 Å². The van der Waals surface area contributed by atoms with Crippen molar-refractivity contribution in [2.24, 2.45) is 0 Å². The Morgan fingerprint density at radius 1 is 0.857 bits per heavy atom. The molecule has 0 radical (unpaired) electrons. The maximum Gasteiger partial charge on any atom is 0.116 e. The molecule has 66 valence electrons. The maximum atomic E-state index is 4.19. The third-order valence-corrected chi connectivity index (χ3v) is 2.31. The minimum atomic E-state index is 0.959. The molecule has 0 N–H and O–H groups in total. The Hall–Kier alpha value is -2.03. The van der Waals surface area contributed by atoms with Gasteiger partial charge < -0.3 is 0 Å². The number of fused-ring (bicyclic) bond motifs is 3. The zero-order valence-corrected chi connectivity index (χ0v) is 7.38. The number of hydrogen-bond donors (Lipinski definition) is 0. The molecule has 0 atom stereocenters. The van der Waals surface area contributed by atoms with E-state index in [9.17, 15) is 0 Å². The van der Waals surface area contributed by atoms with Crippen molar-refractivity contribution in [2.45, 2.75) is 0 Å². The van der Waals surface area contributed by atoms with E-state index in [4.69, 9.17) is 0 Å². The molecular weight excluding hydrogens is 174 g/mol. The fourth-order valence-corrected chi connectivity index (χ4v) is 1.62. The molecule has 2 heterocycles. The van der Waals surface area contributed by atoms with Gasteiger partial charge in [-0.1, -0.05) is 6.07 Å². The summed E-state index contributed by atoms with van der Waals surface area (Å²) in [5.41, 5.74) is 0.959. The first-order chi connectivity index (χ1) is 6.95. The van der Waals surface area contributed by atoms with Gasteiger partial charge in [0, 0.05) is 29.4 Å². The summed E-state index contributed by atoms with van der Waals surface area (Å²) in [6.45, 7) is 0. The van der Waals surface area contributed by atoms with Crippen molar-refractivity contribution in [3.05, 3.63) is 43.1 Å². The van der Waals surface area contributed by atoms with Crippen LogP contribution in [0.2, 0.25) is 0 Å². The molecule has 0 unspecified atom stereocenters. The van der Waals surface area contributed by atoms with Gasteiger partial charge in [0.15, 0.2) is 0 Å². The van der Waals surface area contributed by atoms with Gasteiger partial charge >= 0.3 is 0 Å². The Kier molecular flexibility index (Phi) is 1.44. The van der Waals surface area contributed by atoms with Crippen molar-refractivity contribution in [2.75, 3.05) is 0 Å². The highest BCUT2D eigenvalue weighted by Crippen LogP contribution is 2.21. The normalized spacial score (nSPS) is 10.9. The monoisotopic (exact) mass is 181 g/mol. The molecule has 3 nitrogen and oxygen atoms in total. The van der Waals surface area contributed by atoms with Crippen molar-refractivity contribution < 1.29 is 0 Å². The summed E-state index contributed by atoms with van der Waals surface area (Å²) in [7, 11) is 0. The molecule has 1 aromatic carbocycles. The lowest BCUT2D eigenvalue weighted by Crippen LogP contribution is -1.83.